The van der Waals surface area contributed by atoms with Crippen LogP contribution in [0.2, 0.25) is 0 Å². The SMILES string of the molecule is COc1nc2ccccc2nc1N(C)CC1CCNCC1.Cl. The summed E-state index contributed by atoms with van der Waals surface area (Å²) in [6.07, 6.45) is 2.43. The number of fused-ring (bicyclic) bond motifs is 1. The van der Waals surface area contributed by atoms with E-state index in [1.807, 2.05) is 24.3 Å². The lowest BCUT2D eigenvalue weighted by Gasteiger charge is -2.28. The number of hydrogen-bond acceptors (Lipinski definition) is 5. The maximum atomic E-state index is 5.44. The van der Waals surface area contributed by atoms with E-state index in [0.717, 1.165) is 36.5 Å². The third kappa shape index (κ3) is 3.59. The maximum Gasteiger partial charge on any atom is 0.257 e. The molecule has 22 heavy (non-hydrogen) atoms. The summed E-state index contributed by atoms with van der Waals surface area (Å²) in [5.41, 5.74) is 1.78. The van der Waals surface area contributed by atoms with Gasteiger partial charge in [-0.2, -0.15) is 0 Å². The number of halogens is 1. The average Bonchev–Trinajstić information content (AvgIpc) is 2.54. The maximum absolute atomic E-state index is 5.44. The lowest BCUT2D eigenvalue weighted by Crippen LogP contribution is -2.35. The minimum atomic E-state index is 0. The summed E-state index contributed by atoms with van der Waals surface area (Å²) in [4.78, 5) is 11.5. The first-order valence-electron chi connectivity index (χ1n) is 7.50. The molecule has 1 aromatic carbocycles. The van der Waals surface area contributed by atoms with Gasteiger partial charge in [0.25, 0.3) is 5.88 Å². The molecule has 1 saturated heterocycles. The normalized spacial score (nSPS) is 15.4. The molecule has 2 aromatic rings. The molecule has 0 atom stereocenters. The monoisotopic (exact) mass is 322 g/mol. The quantitative estimate of drug-likeness (QED) is 0.937. The van der Waals surface area contributed by atoms with Crippen LogP contribution in [0.25, 0.3) is 11.0 Å². The second kappa shape index (κ2) is 7.61. The molecular formula is C16H23ClN4O. The molecule has 0 spiro atoms. The van der Waals surface area contributed by atoms with Gasteiger partial charge in [0, 0.05) is 13.6 Å². The Kier molecular flexibility index (Phi) is 5.80. The van der Waals surface area contributed by atoms with Crippen LogP contribution in [-0.4, -0.2) is 43.8 Å². The minimum absolute atomic E-state index is 0. The Bertz CT molecular complexity index is 616. The highest BCUT2D eigenvalue weighted by Crippen LogP contribution is 2.27. The second-order valence-electron chi connectivity index (χ2n) is 5.62. The molecule has 1 fully saturated rings. The van der Waals surface area contributed by atoms with Gasteiger partial charge in [0.05, 0.1) is 18.1 Å². The molecule has 1 aromatic heterocycles. The van der Waals surface area contributed by atoms with E-state index in [1.54, 1.807) is 7.11 Å². The molecule has 6 heteroatoms. The number of nitrogens with zero attached hydrogens (tertiary/aromatic N) is 3. The number of aromatic nitrogens is 2. The summed E-state index contributed by atoms with van der Waals surface area (Å²) in [5.74, 6) is 2.13. The van der Waals surface area contributed by atoms with E-state index < -0.39 is 0 Å². The fourth-order valence-electron chi connectivity index (χ4n) is 2.90. The van der Waals surface area contributed by atoms with Gasteiger partial charge in [0.15, 0.2) is 5.82 Å². The smallest absolute Gasteiger partial charge is 0.257 e. The molecule has 120 valence electrons. The third-order valence-corrected chi connectivity index (χ3v) is 4.07. The molecule has 0 amide bonds. The van der Waals surface area contributed by atoms with Gasteiger partial charge in [0.1, 0.15) is 0 Å². The zero-order valence-electron chi connectivity index (χ0n) is 13.1. The largest absolute Gasteiger partial charge is 0.478 e. The molecule has 0 saturated carbocycles. The predicted molar refractivity (Wildman–Crippen MR) is 92.2 cm³/mol. The van der Waals surface area contributed by atoms with E-state index >= 15 is 0 Å². The molecule has 1 aliphatic rings. The fraction of sp³-hybridized carbons (Fsp3) is 0.500. The predicted octanol–water partition coefficient (Wildman–Crippen LogP) is 2.50. The summed E-state index contributed by atoms with van der Waals surface area (Å²) >= 11 is 0. The van der Waals surface area contributed by atoms with E-state index in [9.17, 15) is 0 Å². The third-order valence-electron chi connectivity index (χ3n) is 4.07. The zero-order valence-corrected chi connectivity index (χ0v) is 13.9. The molecule has 0 radical (unpaired) electrons. The van der Waals surface area contributed by atoms with Gasteiger partial charge in [-0.1, -0.05) is 12.1 Å². The number of rotatable bonds is 4. The van der Waals surface area contributed by atoms with E-state index in [4.69, 9.17) is 9.72 Å². The van der Waals surface area contributed by atoms with Crippen LogP contribution in [0.1, 0.15) is 12.8 Å². The number of benzene rings is 1. The summed E-state index contributed by atoms with van der Waals surface area (Å²) in [7, 11) is 3.73. The van der Waals surface area contributed by atoms with Gasteiger partial charge >= 0.3 is 0 Å². The molecule has 2 heterocycles. The van der Waals surface area contributed by atoms with Crippen molar-refractivity contribution in [2.24, 2.45) is 5.92 Å². The first-order valence-corrected chi connectivity index (χ1v) is 7.50. The number of para-hydroxylation sites is 2. The molecule has 5 nitrogen and oxygen atoms in total. The Hall–Kier alpha value is -1.59. The molecule has 0 unspecified atom stereocenters. The molecular weight excluding hydrogens is 300 g/mol. The van der Waals surface area contributed by atoms with E-state index in [2.05, 4.69) is 22.2 Å². The van der Waals surface area contributed by atoms with Gasteiger partial charge in [-0.05, 0) is 44.0 Å². The van der Waals surface area contributed by atoms with Crippen LogP contribution in [0, 0.1) is 5.92 Å². The van der Waals surface area contributed by atoms with Crippen molar-refractivity contribution in [3.8, 4) is 5.88 Å². The fourth-order valence-corrected chi connectivity index (χ4v) is 2.90. The van der Waals surface area contributed by atoms with Gasteiger partial charge in [-0.3, -0.25) is 0 Å². The lowest BCUT2D eigenvalue weighted by atomic mass is 9.98. The molecule has 1 N–H and O–H groups in total. The summed E-state index contributed by atoms with van der Waals surface area (Å²) in [6.45, 7) is 3.21. The molecule has 3 rings (SSSR count). The van der Waals surface area contributed by atoms with Gasteiger partial charge in [-0.25, -0.2) is 9.97 Å². The standard InChI is InChI=1S/C16H22N4O.ClH/c1-20(11-12-7-9-17-10-8-12)15-16(21-2)19-14-6-4-3-5-13(14)18-15;/h3-6,12,17H,7-11H2,1-2H3;1H. The van der Waals surface area contributed by atoms with Crippen LogP contribution in [0.15, 0.2) is 24.3 Å². The van der Waals surface area contributed by atoms with Gasteiger partial charge < -0.3 is 15.0 Å². The van der Waals surface area contributed by atoms with Crippen molar-refractivity contribution in [1.29, 1.82) is 0 Å². The van der Waals surface area contributed by atoms with Crippen LogP contribution >= 0.6 is 12.4 Å². The highest BCUT2D eigenvalue weighted by molar-refractivity contribution is 5.85. The lowest BCUT2D eigenvalue weighted by molar-refractivity contribution is 0.371. The van der Waals surface area contributed by atoms with Crippen molar-refractivity contribution in [1.82, 2.24) is 15.3 Å². The number of piperidine rings is 1. The van der Waals surface area contributed by atoms with Crippen LogP contribution in [-0.2, 0) is 0 Å². The first kappa shape index (κ1) is 16.8. The number of hydrogen-bond donors (Lipinski definition) is 1. The van der Waals surface area contributed by atoms with Crippen molar-refractivity contribution in [3.63, 3.8) is 0 Å². The van der Waals surface area contributed by atoms with Crippen molar-refractivity contribution < 1.29 is 4.74 Å². The molecule has 0 bridgehead atoms. The summed E-state index contributed by atoms with van der Waals surface area (Å²) in [5, 5.41) is 3.40. The van der Waals surface area contributed by atoms with Crippen molar-refractivity contribution in [2.45, 2.75) is 12.8 Å². The van der Waals surface area contributed by atoms with Crippen molar-refractivity contribution in [2.75, 3.05) is 38.7 Å². The average molecular weight is 323 g/mol. The van der Waals surface area contributed by atoms with E-state index in [0.29, 0.717) is 11.8 Å². The number of anilines is 1. The molecule has 1 aliphatic heterocycles. The molecule has 0 aliphatic carbocycles. The Balaban J connectivity index is 0.00000176. The van der Waals surface area contributed by atoms with E-state index in [-0.39, 0.29) is 12.4 Å². The van der Waals surface area contributed by atoms with Gasteiger partial charge in [0.2, 0.25) is 0 Å². The Morgan fingerprint density at radius 1 is 1.18 bits per heavy atom. The van der Waals surface area contributed by atoms with Crippen LogP contribution in [0.3, 0.4) is 0 Å². The summed E-state index contributed by atoms with van der Waals surface area (Å²) < 4.78 is 5.44. The van der Waals surface area contributed by atoms with Crippen molar-refractivity contribution >= 4 is 29.3 Å². The Morgan fingerprint density at radius 3 is 2.45 bits per heavy atom. The number of nitrogens with one attached hydrogen (secondary N) is 1. The Labute approximate surface area is 137 Å². The highest BCUT2D eigenvalue weighted by Gasteiger charge is 2.19. The van der Waals surface area contributed by atoms with Crippen LogP contribution < -0.4 is 15.0 Å². The minimum Gasteiger partial charge on any atom is -0.478 e. The number of ether oxygens (including phenoxy) is 1. The zero-order chi connectivity index (χ0) is 14.7. The van der Waals surface area contributed by atoms with Crippen LogP contribution in [0.5, 0.6) is 5.88 Å². The van der Waals surface area contributed by atoms with E-state index in [1.165, 1.54) is 12.8 Å². The summed E-state index contributed by atoms with van der Waals surface area (Å²) in [6, 6.07) is 7.90. The Morgan fingerprint density at radius 2 is 1.82 bits per heavy atom. The highest BCUT2D eigenvalue weighted by atomic mass is 35.5. The number of methoxy groups -OCH3 is 1. The first-order chi connectivity index (χ1) is 10.3. The van der Waals surface area contributed by atoms with Gasteiger partial charge in [-0.15, -0.1) is 12.4 Å². The van der Waals surface area contributed by atoms with Crippen molar-refractivity contribution in [3.05, 3.63) is 24.3 Å². The topological polar surface area (TPSA) is 50.3 Å². The van der Waals surface area contributed by atoms with Crippen LogP contribution in [0.4, 0.5) is 5.82 Å². The second-order valence-corrected chi connectivity index (χ2v) is 5.62.